The number of anilines is 4. The maximum absolute atomic E-state index is 4.99. The highest BCUT2D eigenvalue weighted by atomic mass is 16.5. The molecule has 0 atom stereocenters. The van der Waals surface area contributed by atoms with E-state index in [2.05, 4.69) is 49.2 Å². The first-order chi connectivity index (χ1) is 10.6. The number of aryl methyl sites for hydroxylation is 3. The van der Waals surface area contributed by atoms with Crippen molar-refractivity contribution in [3.05, 3.63) is 47.3 Å². The molecule has 0 bridgehead atoms. The summed E-state index contributed by atoms with van der Waals surface area (Å²) < 4.78 is 4.99. The molecule has 22 heavy (non-hydrogen) atoms. The fourth-order valence-corrected chi connectivity index (χ4v) is 1.97. The van der Waals surface area contributed by atoms with E-state index in [4.69, 9.17) is 4.52 Å². The van der Waals surface area contributed by atoms with Gasteiger partial charge < -0.3 is 15.2 Å². The van der Waals surface area contributed by atoms with Crippen LogP contribution in [0.4, 0.5) is 23.3 Å². The van der Waals surface area contributed by atoms with Gasteiger partial charge in [-0.3, -0.25) is 0 Å². The van der Waals surface area contributed by atoms with Crippen LogP contribution in [0.15, 0.2) is 35.0 Å². The second kappa shape index (κ2) is 5.80. The summed E-state index contributed by atoms with van der Waals surface area (Å²) in [5, 5.41) is 17.9. The highest BCUT2D eigenvalue weighted by molar-refractivity contribution is 5.61. The van der Waals surface area contributed by atoms with Crippen LogP contribution in [0.1, 0.15) is 16.9 Å². The third kappa shape index (κ3) is 3.20. The summed E-state index contributed by atoms with van der Waals surface area (Å²) in [5.41, 5.74) is 3.29. The number of nitrogens with one attached hydrogen (secondary N) is 2. The predicted octanol–water partition coefficient (Wildman–Crippen LogP) is 3.27. The van der Waals surface area contributed by atoms with Crippen molar-refractivity contribution in [2.24, 2.45) is 0 Å². The van der Waals surface area contributed by atoms with Crippen molar-refractivity contribution in [2.45, 2.75) is 20.8 Å². The van der Waals surface area contributed by atoms with E-state index >= 15 is 0 Å². The molecule has 2 aromatic heterocycles. The molecular formula is C15H16N6O. The van der Waals surface area contributed by atoms with Crippen molar-refractivity contribution in [1.82, 2.24) is 20.3 Å². The Morgan fingerprint density at radius 3 is 2.64 bits per heavy atom. The second-order valence-corrected chi connectivity index (χ2v) is 5.06. The van der Waals surface area contributed by atoms with Crippen LogP contribution < -0.4 is 10.6 Å². The molecule has 0 fully saturated rings. The van der Waals surface area contributed by atoms with Gasteiger partial charge in [0.25, 0.3) is 0 Å². The topological polar surface area (TPSA) is 88.8 Å². The van der Waals surface area contributed by atoms with E-state index < -0.39 is 0 Å². The molecule has 3 rings (SSSR count). The fourth-order valence-electron chi connectivity index (χ4n) is 1.97. The highest BCUT2D eigenvalue weighted by Crippen LogP contribution is 2.21. The number of nitrogens with zero attached hydrogens (tertiary/aromatic N) is 4. The smallest absolute Gasteiger partial charge is 0.250 e. The molecule has 0 amide bonds. The van der Waals surface area contributed by atoms with Crippen LogP contribution in [0.3, 0.4) is 0 Å². The number of benzene rings is 1. The van der Waals surface area contributed by atoms with Gasteiger partial charge in [0, 0.05) is 11.8 Å². The lowest BCUT2D eigenvalue weighted by molar-refractivity contribution is 0.400. The van der Waals surface area contributed by atoms with E-state index in [0.717, 1.165) is 11.3 Å². The Morgan fingerprint density at radius 1 is 1.00 bits per heavy atom. The van der Waals surface area contributed by atoms with Gasteiger partial charge in [0.1, 0.15) is 5.76 Å². The molecule has 112 valence electrons. The predicted molar refractivity (Wildman–Crippen MR) is 83.5 cm³/mol. The molecule has 0 aliphatic heterocycles. The molecule has 0 unspecified atom stereocenters. The SMILES string of the molecule is Cc1ccc(C)c(Nc2cnnc(Nc3cc(C)on3)n2)c1. The van der Waals surface area contributed by atoms with Crippen molar-refractivity contribution < 1.29 is 4.52 Å². The zero-order valence-electron chi connectivity index (χ0n) is 12.6. The molecular weight excluding hydrogens is 280 g/mol. The van der Waals surface area contributed by atoms with Crippen LogP contribution in [0.5, 0.6) is 0 Å². The summed E-state index contributed by atoms with van der Waals surface area (Å²) >= 11 is 0. The molecule has 0 aliphatic carbocycles. The van der Waals surface area contributed by atoms with E-state index in [-0.39, 0.29) is 0 Å². The van der Waals surface area contributed by atoms with E-state index in [0.29, 0.717) is 23.3 Å². The van der Waals surface area contributed by atoms with Gasteiger partial charge in [0.15, 0.2) is 11.6 Å². The first-order valence-corrected chi connectivity index (χ1v) is 6.84. The Morgan fingerprint density at radius 2 is 1.86 bits per heavy atom. The Kier molecular flexibility index (Phi) is 3.69. The van der Waals surface area contributed by atoms with Gasteiger partial charge in [-0.25, -0.2) is 0 Å². The summed E-state index contributed by atoms with van der Waals surface area (Å²) in [7, 11) is 0. The van der Waals surface area contributed by atoms with Gasteiger partial charge in [-0.05, 0) is 38.0 Å². The molecule has 2 heterocycles. The lowest BCUT2D eigenvalue weighted by Gasteiger charge is -2.10. The van der Waals surface area contributed by atoms with Gasteiger partial charge in [0.2, 0.25) is 5.95 Å². The minimum absolute atomic E-state index is 0.351. The van der Waals surface area contributed by atoms with E-state index in [9.17, 15) is 0 Å². The second-order valence-electron chi connectivity index (χ2n) is 5.06. The summed E-state index contributed by atoms with van der Waals surface area (Å²) in [4.78, 5) is 4.37. The summed E-state index contributed by atoms with van der Waals surface area (Å²) in [5.74, 6) is 2.21. The van der Waals surface area contributed by atoms with Gasteiger partial charge in [-0.2, -0.15) is 10.1 Å². The first kappa shape index (κ1) is 14.0. The number of rotatable bonds is 4. The molecule has 0 spiro atoms. The fraction of sp³-hybridized carbons (Fsp3) is 0.200. The molecule has 3 aromatic rings. The maximum Gasteiger partial charge on any atom is 0.250 e. The van der Waals surface area contributed by atoms with Crippen LogP contribution in [0.2, 0.25) is 0 Å². The minimum atomic E-state index is 0.351. The average molecular weight is 296 g/mol. The lowest BCUT2D eigenvalue weighted by Crippen LogP contribution is -2.03. The van der Waals surface area contributed by atoms with Crippen molar-refractivity contribution in [2.75, 3.05) is 10.6 Å². The van der Waals surface area contributed by atoms with Crippen molar-refractivity contribution >= 4 is 23.3 Å². The van der Waals surface area contributed by atoms with Crippen LogP contribution >= 0.6 is 0 Å². The molecule has 7 heteroatoms. The maximum atomic E-state index is 4.99. The standard InChI is InChI=1S/C15H16N6O/c1-9-4-5-10(2)12(6-9)17-14-8-16-20-15(19-14)18-13-7-11(3)22-21-13/h4-8H,1-3H3,(H2,17,18,19,20,21). The minimum Gasteiger partial charge on any atom is -0.360 e. The van der Waals surface area contributed by atoms with E-state index in [1.807, 2.05) is 20.8 Å². The Labute approximate surface area is 127 Å². The van der Waals surface area contributed by atoms with Gasteiger partial charge in [-0.15, -0.1) is 5.10 Å². The molecule has 0 saturated heterocycles. The van der Waals surface area contributed by atoms with Gasteiger partial charge in [-0.1, -0.05) is 17.3 Å². The first-order valence-electron chi connectivity index (χ1n) is 6.84. The van der Waals surface area contributed by atoms with Gasteiger partial charge in [0.05, 0.1) is 6.20 Å². The molecule has 2 N–H and O–H groups in total. The summed E-state index contributed by atoms with van der Waals surface area (Å²) in [6.45, 7) is 5.90. The van der Waals surface area contributed by atoms with Crippen molar-refractivity contribution in [3.8, 4) is 0 Å². The average Bonchev–Trinajstić information content (AvgIpc) is 2.88. The molecule has 0 aliphatic rings. The van der Waals surface area contributed by atoms with Crippen molar-refractivity contribution in [3.63, 3.8) is 0 Å². The number of hydrogen-bond acceptors (Lipinski definition) is 7. The molecule has 0 saturated carbocycles. The quantitative estimate of drug-likeness (QED) is 0.763. The van der Waals surface area contributed by atoms with E-state index in [1.54, 1.807) is 12.3 Å². The molecule has 7 nitrogen and oxygen atoms in total. The van der Waals surface area contributed by atoms with Crippen LogP contribution in [0, 0.1) is 20.8 Å². The zero-order valence-corrected chi connectivity index (χ0v) is 12.6. The summed E-state index contributed by atoms with van der Waals surface area (Å²) in [6.07, 6.45) is 1.57. The Hall–Kier alpha value is -2.96. The van der Waals surface area contributed by atoms with Gasteiger partial charge >= 0.3 is 0 Å². The monoisotopic (exact) mass is 296 g/mol. The normalized spacial score (nSPS) is 10.5. The van der Waals surface area contributed by atoms with Crippen LogP contribution in [0.25, 0.3) is 0 Å². The van der Waals surface area contributed by atoms with Crippen LogP contribution in [-0.2, 0) is 0 Å². The lowest BCUT2D eigenvalue weighted by atomic mass is 10.1. The Balaban J connectivity index is 1.80. The summed E-state index contributed by atoms with van der Waals surface area (Å²) in [6, 6.07) is 7.95. The molecule has 1 aromatic carbocycles. The zero-order chi connectivity index (χ0) is 15.5. The van der Waals surface area contributed by atoms with Crippen molar-refractivity contribution in [1.29, 1.82) is 0 Å². The third-order valence-electron chi connectivity index (χ3n) is 3.08. The molecule has 0 radical (unpaired) electrons. The third-order valence-corrected chi connectivity index (χ3v) is 3.08. The van der Waals surface area contributed by atoms with E-state index in [1.165, 1.54) is 5.56 Å². The van der Waals surface area contributed by atoms with Crippen LogP contribution in [-0.4, -0.2) is 20.3 Å². The highest BCUT2D eigenvalue weighted by Gasteiger charge is 2.06. The number of aromatic nitrogens is 4. The Bertz CT molecular complexity index is 798. The number of hydrogen-bond donors (Lipinski definition) is 2. The largest absolute Gasteiger partial charge is 0.360 e.